The van der Waals surface area contributed by atoms with Crippen molar-refractivity contribution < 1.29 is 4.42 Å². The molecule has 0 spiro atoms. The number of hydrogen-bond acceptors (Lipinski definition) is 5. The fourth-order valence-electron chi connectivity index (χ4n) is 6.84. The van der Waals surface area contributed by atoms with E-state index in [0.717, 1.165) is 38.8 Å². The predicted octanol–water partition coefficient (Wildman–Crippen LogP) is 9.90. The van der Waals surface area contributed by atoms with Crippen molar-refractivity contribution in [1.29, 1.82) is 0 Å². The molecule has 0 unspecified atom stereocenters. The zero-order valence-corrected chi connectivity index (χ0v) is 24.4. The molecule has 0 fully saturated rings. The Morgan fingerprint density at radius 1 is 0.457 bits per heavy atom. The Kier molecular flexibility index (Phi) is 5.19. The van der Waals surface area contributed by atoms with E-state index < -0.39 is 0 Å². The van der Waals surface area contributed by atoms with E-state index >= 15 is 0 Å². The van der Waals surface area contributed by atoms with Crippen LogP contribution in [0.1, 0.15) is 0 Å². The fraction of sp³-hybridized carbons (Fsp3) is 0. The van der Waals surface area contributed by atoms with Gasteiger partial charge in [0.15, 0.2) is 0 Å². The van der Waals surface area contributed by atoms with E-state index in [1.54, 1.807) is 12.4 Å². The highest BCUT2D eigenvalue weighted by atomic mass is 16.3. The van der Waals surface area contributed by atoms with Crippen LogP contribution in [-0.2, 0) is 0 Å². The lowest BCUT2D eigenvalue weighted by Gasteiger charge is -2.11. The first kappa shape index (κ1) is 25.0. The maximum absolute atomic E-state index is 6.15. The fourth-order valence-corrected chi connectivity index (χ4v) is 6.84. The number of benzene rings is 6. The van der Waals surface area contributed by atoms with E-state index in [-0.39, 0.29) is 0 Å². The molecule has 10 rings (SSSR count). The first-order valence-electron chi connectivity index (χ1n) is 15.2. The normalized spacial score (nSPS) is 11.9. The van der Waals surface area contributed by atoms with Gasteiger partial charge < -0.3 is 8.98 Å². The van der Waals surface area contributed by atoms with Gasteiger partial charge in [0.1, 0.15) is 33.6 Å². The van der Waals surface area contributed by atoms with Crippen LogP contribution in [0.5, 0.6) is 0 Å². The molecule has 0 aliphatic carbocycles. The Morgan fingerprint density at radius 2 is 1.09 bits per heavy atom. The second-order valence-corrected chi connectivity index (χ2v) is 11.6. The van der Waals surface area contributed by atoms with Gasteiger partial charge in [0, 0.05) is 50.8 Å². The van der Waals surface area contributed by atoms with E-state index in [9.17, 15) is 0 Å². The molecule has 0 saturated carbocycles. The molecule has 0 saturated heterocycles. The summed E-state index contributed by atoms with van der Waals surface area (Å²) in [7, 11) is 0. The summed E-state index contributed by atoms with van der Waals surface area (Å²) >= 11 is 0. The van der Waals surface area contributed by atoms with Crippen LogP contribution >= 0.6 is 0 Å². The van der Waals surface area contributed by atoms with Gasteiger partial charge in [-0.3, -0.25) is 9.97 Å². The van der Waals surface area contributed by atoms with Crippen molar-refractivity contribution in [3.8, 4) is 28.2 Å². The highest BCUT2D eigenvalue weighted by molar-refractivity contribution is 6.13. The Balaban J connectivity index is 1.10. The summed E-state index contributed by atoms with van der Waals surface area (Å²) in [4.78, 5) is 9.45. The van der Waals surface area contributed by atoms with E-state index in [2.05, 4.69) is 102 Å². The van der Waals surface area contributed by atoms with E-state index in [1.165, 1.54) is 32.6 Å². The number of aromatic nitrogens is 5. The second kappa shape index (κ2) is 9.55. The van der Waals surface area contributed by atoms with Gasteiger partial charge in [-0.15, -0.1) is 10.2 Å². The first-order chi connectivity index (χ1) is 22.8. The lowest BCUT2D eigenvalue weighted by atomic mass is 10.0. The molecule has 10 aromatic rings. The molecule has 0 aliphatic rings. The highest BCUT2D eigenvalue weighted by Gasteiger charge is 2.18. The van der Waals surface area contributed by atoms with Gasteiger partial charge in [0.05, 0.1) is 11.0 Å². The third-order valence-electron chi connectivity index (χ3n) is 8.99. The quantitative estimate of drug-likeness (QED) is 0.205. The zero-order valence-electron chi connectivity index (χ0n) is 24.4. The minimum Gasteiger partial charge on any atom is -0.456 e. The minimum atomic E-state index is 0.670. The summed E-state index contributed by atoms with van der Waals surface area (Å²) in [5, 5.41) is 16.5. The van der Waals surface area contributed by atoms with E-state index in [1.807, 2.05) is 30.3 Å². The standard InChI is InChI=1S/C40H23N5O/c1-2-8-26-22-34-32(21-25(26)7-1)29-9-3-5-11-33(29)45(34)28-16-13-24(14-17-28)37-39-40(42-20-19-41-39)38(44-43-37)27-15-18-31-30-10-4-6-12-35(30)46-36(31)23-27/h1-23H. The summed E-state index contributed by atoms with van der Waals surface area (Å²) in [5.74, 6) is 0. The molecular formula is C40H23N5O. The Hall–Kier alpha value is -6.40. The molecule has 0 bridgehead atoms. The lowest BCUT2D eigenvalue weighted by Crippen LogP contribution is -1.99. The maximum atomic E-state index is 6.15. The number of para-hydroxylation sites is 2. The Morgan fingerprint density at radius 3 is 1.89 bits per heavy atom. The number of fused-ring (bicyclic) bond motifs is 8. The van der Waals surface area contributed by atoms with Gasteiger partial charge in [0.25, 0.3) is 0 Å². The van der Waals surface area contributed by atoms with Gasteiger partial charge in [-0.2, -0.15) is 0 Å². The molecule has 0 radical (unpaired) electrons. The molecule has 0 N–H and O–H groups in total. The number of furan rings is 1. The summed E-state index contributed by atoms with van der Waals surface area (Å²) in [6.45, 7) is 0. The monoisotopic (exact) mass is 589 g/mol. The van der Waals surface area contributed by atoms with Crippen molar-refractivity contribution in [1.82, 2.24) is 24.7 Å². The summed E-state index contributed by atoms with van der Waals surface area (Å²) in [6.07, 6.45) is 3.41. The van der Waals surface area contributed by atoms with E-state index in [0.29, 0.717) is 22.4 Å². The van der Waals surface area contributed by atoms with Crippen LogP contribution in [0, 0.1) is 0 Å². The second-order valence-electron chi connectivity index (χ2n) is 11.6. The molecular weight excluding hydrogens is 566 g/mol. The average molecular weight is 590 g/mol. The van der Waals surface area contributed by atoms with Crippen molar-refractivity contribution in [2.24, 2.45) is 0 Å². The lowest BCUT2D eigenvalue weighted by molar-refractivity contribution is 0.669. The van der Waals surface area contributed by atoms with Crippen LogP contribution in [-0.4, -0.2) is 24.7 Å². The molecule has 4 aromatic heterocycles. The number of nitrogens with zero attached hydrogens (tertiary/aromatic N) is 5. The van der Waals surface area contributed by atoms with Crippen LogP contribution in [0.3, 0.4) is 0 Å². The molecule has 0 atom stereocenters. The molecule has 6 heteroatoms. The van der Waals surface area contributed by atoms with Crippen LogP contribution < -0.4 is 0 Å². The largest absolute Gasteiger partial charge is 0.456 e. The van der Waals surface area contributed by atoms with Crippen molar-refractivity contribution in [3.05, 3.63) is 140 Å². The minimum absolute atomic E-state index is 0.670. The molecule has 6 nitrogen and oxygen atoms in total. The summed E-state index contributed by atoms with van der Waals surface area (Å²) in [5.41, 5.74) is 9.64. The zero-order chi connectivity index (χ0) is 30.2. The van der Waals surface area contributed by atoms with Crippen LogP contribution in [0.25, 0.3) is 93.8 Å². The predicted molar refractivity (Wildman–Crippen MR) is 185 cm³/mol. The van der Waals surface area contributed by atoms with Gasteiger partial charge in [-0.1, -0.05) is 78.9 Å². The number of hydrogen-bond donors (Lipinski definition) is 0. The molecule has 46 heavy (non-hydrogen) atoms. The van der Waals surface area contributed by atoms with Gasteiger partial charge in [0.2, 0.25) is 0 Å². The van der Waals surface area contributed by atoms with Crippen molar-refractivity contribution >= 4 is 65.6 Å². The highest BCUT2D eigenvalue weighted by Crippen LogP contribution is 2.37. The van der Waals surface area contributed by atoms with E-state index in [4.69, 9.17) is 24.6 Å². The van der Waals surface area contributed by atoms with Gasteiger partial charge in [-0.05, 0) is 59.3 Å². The topological polar surface area (TPSA) is 69.6 Å². The third kappa shape index (κ3) is 3.64. The molecule has 0 amide bonds. The number of rotatable bonds is 3. The molecule has 4 heterocycles. The first-order valence-corrected chi connectivity index (χ1v) is 15.2. The van der Waals surface area contributed by atoms with Crippen LogP contribution in [0.2, 0.25) is 0 Å². The van der Waals surface area contributed by atoms with Crippen molar-refractivity contribution in [2.45, 2.75) is 0 Å². The maximum Gasteiger partial charge on any atom is 0.136 e. The third-order valence-corrected chi connectivity index (χ3v) is 8.99. The van der Waals surface area contributed by atoms with Crippen molar-refractivity contribution in [2.75, 3.05) is 0 Å². The summed E-state index contributed by atoms with van der Waals surface area (Å²) < 4.78 is 8.48. The average Bonchev–Trinajstić information content (AvgIpc) is 3.65. The SMILES string of the molecule is c1ccc2cc3c(cc2c1)c1ccccc1n3-c1ccc(-c2nnc(-c3ccc4c(c3)oc3ccccc34)c3nccnc23)cc1. The van der Waals surface area contributed by atoms with Crippen LogP contribution in [0.15, 0.2) is 144 Å². The van der Waals surface area contributed by atoms with Gasteiger partial charge in [-0.25, -0.2) is 0 Å². The van der Waals surface area contributed by atoms with Crippen LogP contribution in [0.4, 0.5) is 0 Å². The Labute approximate surface area is 262 Å². The smallest absolute Gasteiger partial charge is 0.136 e. The molecule has 6 aromatic carbocycles. The summed E-state index contributed by atoms with van der Waals surface area (Å²) in [6, 6.07) is 44.4. The molecule has 0 aliphatic heterocycles. The van der Waals surface area contributed by atoms with Crippen molar-refractivity contribution in [3.63, 3.8) is 0 Å². The molecule has 214 valence electrons. The van der Waals surface area contributed by atoms with Gasteiger partial charge >= 0.3 is 0 Å². The Bertz CT molecular complexity index is 2810.